The SMILES string of the molecule is CCCCC(CC)C(=O)OCCOCCOCCOCCOCCOCCOCCOCCOCCOCC(=O)O. The third-order valence-corrected chi connectivity index (χ3v) is 5.41. The molecule has 0 aromatic rings. The molecule has 0 amide bonds. The van der Waals surface area contributed by atoms with Crippen molar-refractivity contribution in [3.05, 3.63) is 0 Å². The average Bonchev–Trinajstić information content (AvgIpc) is 2.96. The Morgan fingerprint density at radius 2 is 0.829 bits per heavy atom. The van der Waals surface area contributed by atoms with Crippen LogP contribution in [0, 0.1) is 5.92 Å². The number of unbranched alkanes of at least 4 members (excludes halogenated alkanes) is 1. The molecule has 0 heterocycles. The van der Waals surface area contributed by atoms with Crippen molar-refractivity contribution in [1.82, 2.24) is 0 Å². The van der Waals surface area contributed by atoms with Crippen LogP contribution in [-0.2, 0) is 57.0 Å². The minimum Gasteiger partial charge on any atom is -0.480 e. The lowest BCUT2D eigenvalue weighted by atomic mass is 10.00. The average molecular weight is 599 g/mol. The fourth-order valence-electron chi connectivity index (χ4n) is 3.18. The number of esters is 1. The number of ether oxygens (including phenoxy) is 10. The van der Waals surface area contributed by atoms with Crippen LogP contribution >= 0.6 is 0 Å². The first kappa shape index (κ1) is 39.6. The van der Waals surface area contributed by atoms with Crippen LogP contribution in [0.25, 0.3) is 0 Å². The van der Waals surface area contributed by atoms with Gasteiger partial charge >= 0.3 is 11.9 Å². The third kappa shape index (κ3) is 31.3. The Bertz CT molecular complexity index is 565. The smallest absolute Gasteiger partial charge is 0.329 e. The van der Waals surface area contributed by atoms with E-state index >= 15 is 0 Å². The quantitative estimate of drug-likeness (QED) is 0.0851. The lowest BCUT2D eigenvalue weighted by Crippen LogP contribution is -2.20. The molecule has 0 rings (SSSR count). The lowest BCUT2D eigenvalue weighted by Gasteiger charge is -2.13. The summed E-state index contributed by atoms with van der Waals surface area (Å²) in [6.07, 6.45) is 3.82. The minimum atomic E-state index is -0.997. The molecule has 0 aromatic carbocycles. The Kier molecular flexibility index (Phi) is 31.9. The second-order valence-electron chi connectivity index (χ2n) is 8.76. The van der Waals surface area contributed by atoms with Crippen LogP contribution in [0.2, 0.25) is 0 Å². The van der Waals surface area contributed by atoms with Crippen LogP contribution in [0.4, 0.5) is 0 Å². The Balaban J connectivity index is 3.16. The molecule has 0 saturated carbocycles. The fraction of sp³-hybridized carbons (Fsp3) is 0.929. The maximum atomic E-state index is 12.0. The molecule has 0 saturated heterocycles. The van der Waals surface area contributed by atoms with E-state index in [1.165, 1.54) is 0 Å². The van der Waals surface area contributed by atoms with Crippen molar-refractivity contribution in [1.29, 1.82) is 0 Å². The van der Waals surface area contributed by atoms with Gasteiger partial charge < -0.3 is 52.5 Å². The lowest BCUT2D eigenvalue weighted by molar-refractivity contribution is -0.150. The van der Waals surface area contributed by atoms with Gasteiger partial charge in [0, 0.05) is 0 Å². The summed E-state index contributed by atoms with van der Waals surface area (Å²) in [7, 11) is 0. The van der Waals surface area contributed by atoms with Crippen molar-refractivity contribution in [2.24, 2.45) is 5.92 Å². The van der Waals surface area contributed by atoms with Crippen molar-refractivity contribution < 1.29 is 62.1 Å². The van der Waals surface area contributed by atoms with E-state index in [1.807, 2.05) is 6.92 Å². The summed E-state index contributed by atoms with van der Waals surface area (Å²) in [5.74, 6) is -1.13. The van der Waals surface area contributed by atoms with E-state index in [1.54, 1.807) is 0 Å². The number of hydrogen-bond acceptors (Lipinski definition) is 12. The number of carbonyl (C=O) groups is 2. The van der Waals surface area contributed by atoms with Gasteiger partial charge in [0.2, 0.25) is 0 Å². The normalized spacial score (nSPS) is 12.0. The third-order valence-electron chi connectivity index (χ3n) is 5.41. The standard InChI is InChI=1S/C28H54O13/c1-3-5-6-26(4-2)28(31)41-24-23-39-20-19-37-16-15-35-12-11-33-8-7-32-9-10-34-13-14-36-17-18-38-21-22-40-25-27(29)30/h26H,3-25H2,1-2H3,(H,29,30). The van der Waals surface area contributed by atoms with Gasteiger partial charge in [-0.25, -0.2) is 4.79 Å². The maximum Gasteiger partial charge on any atom is 0.329 e. The van der Waals surface area contributed by atoms with Gasteiger partial charge in [-0.1, -0.05) is 26.7 Å². The molecule has 0 radical (unpaired) electrons. The molecule has 0 spiro atoms. The van der Waals surface area contributed by atoms with E-state index in [-0.39, 0.29) is 31.7 Å². The minimum absolute atomic E-state index is 0.00738. The maximum absolute atomic E-state index is 12.0. The van der Waals surface area contributed by atoms with Gasteiger partial charge in [0.15, 0.2) is 0 Å². The molecule has 0 aromatic heterocycles. The second-order valence-corrected chi connectivity index (χ2v) is 8.76. The van der Waals surface area contributed by atoms with Crippen LogP contribution in [0.1, 0.15) is 39.5 Å². The van der Waals surface area contributed by atoms with Gasteiger partial charge in [0.1, 0.15) is 13.2 Å². The molecular formula is C28H54O13. The molecule has 41 heavy (non-hydrogen) atoms. The topological polar surface area (TPSA) is 147 Å². The zero-order chi connectivity index (χ0) is 30.1. The number of aliphatic carboxylic acids is 1. The highest BCUT2D eigenvalue weighted by molar-refractivity contribution is 5.72. The Morgan fingerprint density at radius 1 is 0.512 bits per heavy atom. The largest absolute Gasteiger partial charge is 0.480 e. The van der Waals surface area contributed by atoms with Gasteiger partial charge in [-0.15, -0.1) is 0 Å². The first-order valence-electron chi connectivity index (χ1n) is 14.7. The highest BCUT2D eigenvalue weighted by Gasteiger charge is 2.16. The summed E-state index contributed by atoms with van der Waals surface area (Å²) in [6, 6.07) is 0. The summed E-state index contributed by atoms with van der Waals surface area (Å²) in [5.41, 5.74) is 0. The van der Waals surface area contributed by atoms with Crippen molar-refractivity contribution in [3.63, 3.8) is 0 Å². The van der Waals surface area contributed by atoms with E-state index < -0.39 is 5.97 Å². The van der Waals surface area contributed by atoms with E-state index in [0.717, 1.165) is 25.7 Å². The highest BCUT2D eigenvalue weighted by Crippen LogP contribution is 2.14. The van der Waals surface area contributed by atoms with E-state index in [0.29, 0.717) is 106 Å². The fourth-order valence-corrected chi connectivity index (χ4v) is 3.18. The number of carboxylic acid groups (broad SMARTS) is 1. The van der Waals surface area contributed by atoms with E-state index in [9.17, 15) is 9.59 Å². The molecular weight excluding hydrogens is 544 g/mol. The summed E-state index contributed by atoms with van der Waals surface area (Å²) in [6.45, 7) is 11.5. The first-order chi connectivity index (χ1) is 20.1. The van der Waals surface area contributed by atoms with Gasteiger partial charge in [-0.2, -0.15) is 0 Å². The Morgan fingerprint density at radius 3 is 1.12 bits per heavy atom. The van der Waals surface area contributed by atoms with Crippen LogP contribution in [0.5, 0.6) is 0 Å². The van der Waals surface area contributed by atoms with Crippen LogP contribution in [0.15, 0.2) is 0 Å². The molecule has 0 bridgehead atoms. The Hall–Kier alpha value is -1.42. The van der Waals surface area contributed by atoms with Gasteiger partial charge in [0.25, 0.3) is 0 Å². The molecule has 1 N–H and O–H groups in total. The Labute approximate surface area is 245 Å². The van der Waals surface area contributed by atoms with Crippen LogP contribution < -0.4 is 0 Å². The molecule has 0 fully saturated rings. The molecule has 1 atom stereocenters. The molecule has 0 aliphatic rings. The zero-order valence-corrected chi connectivity index (χ0v) is 25.2. The predicted molar refractivity (Wildman–Crippen MR) is 149 cm³/mol. The highest BCUT2D eigenvalue weighted by atomic mass is 16.6. The molecule has 13 heteroatoms. The van der Waals surface area contributed by atoms with Crippen molar-refractivity contribution in [2.75, 3.05) is 126 Å². The van der Waals surface area contributed by atoms with Crippen LogP contribution in [0.3, 0.4) is 0 Å². The first-order valence-corrected chi connectivity index (χ1v) is 14.7. The van der Waals surface area contributed by atoms with E-state index in [4.69, 9.17) is 52.5 Å². The van der Waals surface area contributed by atoms with Crippen molar-refractivity contribution in [3.8, 4) is 0 Å². The van der Waals surface area contributed by atoms with Gasteiger partial charge in [0.05, 0.1) is 118 Å². The summed E-state index contributed by atoms with van der Waals surface area (Å²) in [5, 5.41) is 8.41. The second kappa shape index (κ2) is 33.1. The molecule has 0 aliphatic heterocycles. The predicted octanol–water partition coefficient (Wildman–Crippen LogP) is 1.98. The molecule has 244 valence electrons. The van der Waals surface area contributed by atoms with Gasteiger partial charge in [-0.05, 0) is 12.8 Å². The summed E-state index contributed by atoms with van der Waals surface area (Å²) < 4.78 is 53.3. The van der Waals surface area contributed by atoms with Crippen molar-refractivity contribution in [2.45, 2.75) is 39.5 Å². The number of carboxylic acids is 1. The molecule has 1 unspecified atom stereocenters. The zero-order valence-electron chi connectivity index (χ0n) is 25.2. The van der Waals surface area contributed by atoms with Gasteiger partial charge in [-0.3, -0.25) is 4.79 Å². The molecule has 13 nitrogen and oxygen atoms in total. The van der Waals surface area contributed by atoms with Crippen molar-refractivity contribution >= 4 is 11.9 Å². The number of carbonyl (C=O) groups excluding carboxylic acids is 1. The number of hydrogen-bond donors (Lipinski definition) is 1. The number of rotatable bonds is 34. The molecule has 0 aliphatic carbocycles. The summed E-state index contributed by atoms with van der Waals surface area (Å²) >= 11 is 0. The monoisotopic (exact) mass is 598 g/mol. The summed E-state index contributed by atoms with van der Waals surface area (Å²) in [4.78, 5) is 22.2. The van der Waals surface area contributed by atoms with Crippen LogP contribution in [-0.4, -0.2) is 143 Å². The van der Waals surface area contributed by atoms with E-state index in [2.05, 4.69) is 6.92 Å².